The first-order valence-corrected chi connectivity index (χ1v) is 5.57. The lowest BCUT2D eigenvalue weighted by atomic mass is 10.3. The van der Waals surface area contributed by atoms with Crippen LogP contribution < -0.4 is 5.73 Å². The molecule has 0 aliphatic carbocycles. The maximum absolute atomic E-state index is 11.0. The lowest BCUT2D eigenvalue weighted by Gasteiger charge is -2.08. The van der Waals surface area contributed by atoms with Crippen LogP contribution in [0.1, 0.15) is 0 Å². The van der Waals surface area contributed by atoms with Crippen molar-refractivity contribution < 1.29 is 43.2 Å². The third-order valence-corrected chi connectivity index (χ3v) is 1.80. The zero-order valence-corrected chi connectivity index (χ0v) is 11.1. The zero-order valence-electron chi connectivity index (χ0n) is 11.1. The van der Waals surface area contributed by atoms with Crippen LogP contribution in [0.15, 0.2) is 12.2 Å². The monoisotopic (exact) mass is 305 g/mol. The molecule has 0 unspecified atom stereocenters. The first-order valence-electron chi connectivity index (χ1n) is 5.57. The Morgan fingerprint density at radius 3 is 2.19 bits per heavy atom. The Kier molecular flexibility index (Phi) is 8.93. The molecule has 0 fully saturated rings. The molecule has 0 amide bonds. The second-order valence-corrected chi connectivity index (χ2v) is 3.38. The smallest absolute Gasteiger partial charge is 0.480 e. The quantitative estimate of drug-likeness (QED) is 0.242. The molecule has 21 heavy (non-hydrogen) atoms. The number of carboxylic acid groups (broad SMARTS) is 1. The minimum atomic E-state index is -1.35. The third-order valence-electron chi connectivity index (χ3n) is 1.80. The highest BCUT2D eigenvalue weighted by Crippen LogP contribution is 1.90. The molecule has 10 heteroatoms. The van der Waals surface area contributed by atoms with Crippen molar-refractivity contribution in [2.24, 2.45) is 5.73 Å². The van der Waals surface area contributed by atoms with Gasteiger partial charge in [-0.2, -0.15) is 0 Å². The number of hydrogen-bond donors (Lipinski definition) is 2. The van der Waals surface area contributed by atoms with Crippen LogP contribution in [0.25, 0.3) is 0 Å². The van der Waals surface area contributed by atoms with Crippen LogP contribution in [-0.4, -0.2) is 62.1 Å². The van der Waals surface area contributed by atoms with Crippen molar-refractivity contribution in [1.82, 2.24) is 0 Å². The highest BCUT2D eigenvalue weighted by atomic mass is 16.7. The van der Waals surface area contributed by atoms with Crippen LogP contribution in [0.3, 0.4) is 0 Å². The molecular formula is C11H15NO9. The Hall–Kier alpha value is -2.62. The number of methoxy groups -OCH3 is 1. The molecule has 0 rings (SSSR count). The maximum atomic E-state index is 11.0. The van der Waals surface area contributed by atoms with Crippen LogP contribution in [0.4, 0.5) is 4.79 Å². The largest absolute Gasteiger partial charge is 0.508 e. The first kappa shape index (κ1) is 18.4. The summed E-state index contributed by atoms with van der Waals surface area (Å²) < 4.78 is 17.7. The summed E-state index contributed by atoms with van der Waals surface area (Å²) in [6.45, 7) is -1.13. The summed E-state index contributed by atoms with van der Waals surface area (Å²) in [7, 11) is 1.15. The van der Waals surface area contributed by atoms with E-state index in [-0.39, 0.29) is 13.2 Å². The Morgan fingerprint density at radius 1 is 1.05 bits per heavy atom. The van der Waals surface area contributed by atoms with Gasteiger partial charge in [-0.05, 0) is 0 Å². The molecule has 0 aliphatic rings. The fraction of sp³-hybridized carbons (Fsp3) is 0.455. The number of carbonyl (C=O) groups is 4. The van der Waals surface area contributed by atoms with Gasteiger partial charge in [0.05, 0.1) is 7.11 Å². The normalized spacial score (nSPS) is 11.5. The predicted octanol–water partition coefficient (Wildman–Crippen LogP) is -1.18. The molecule has 0 heterocycles. The van der Waals surface area contributed by atoms with E-state index in [1.807, 2.05) is 0 Å². The van der Waals surface area contributed by atoms with Gasteiger partial charge >= 0.3 is 24.1 Å². The molecule has 0 aromatic heterocycles. The van der Waals surface area contributed by atoms with Gasteiger partial charge in [0.25, 0.3) is 0 Å². The second kappa shape index (κ2) is 10.2. The van der Waals surface area contributed by atoms with Gasteiger partial charge in [0.15, 0.2) is 0 Å². The van der Waals surface area contributed by atoms with Gasteiger partial charge in [0.1, 0.15) is 25.9 Å². The van der Waals surface area contributed by atoms with Crippen LogP contribution >= 0.6 is 0 Å². The van der Waals surface area contributed by atoms with Crippen LogP contribution in [0.5, 0.6) is 0 Å². The van der Waals surface area contributed by atoms with Crippen molar-refractivity contribution in [3.63, 3.8) is 0 Å². The van der Waals surface area contributed by atoms with E-state index in [0.717, 1.165) is 19.3 Å². The minimum absolute atomic E-state index is 0.273. The van der Waals surface area contributed by atoms with Crippen molar-refractivity contribution >= 4 is 24.1 Å². The average Bonchev–Trinajstić information content (AvgIpc) is 2.46. The molecule has 0 saturated carbocycles. The molecule has 118 valence electrons. The van der Waals surface area contributed by atoms with E-state index < -0.39 is 36.7 Å². The van der Waals surface area contributed by atoms with E-state index in [1.165, 1.54) is 0 Å². The molecule has 0 spiro atoms. The second-order valence-electron chi connectivity index (χ2n) is 3.38. The van der Waals surface area contributed by atoms with Crippen LogP contribution in [0, 0.1) is 0 Å². The van der Waals surface area contributed by atoms with Crippen LogP contribution in [-0.2, 0) is 33.3 Å². The number of ether oxygens (including phenoxy) is 4. The lowest BCUT2D eigenvalue weighted by molar-refractivity contribution is -0.141. The van der Waals surface area contributed by atoms with E-state index in [2.05, 4.69) is 18.9 Å². The van der Waals surface area contributed by atoms with Gasteiger partial charge in [-0.15, -0.1) is 0 Å². The number of esters is 2. The number of carboxylic acids is 1. The molecule has 0 aromatic rings. The van der Waals surface area contributed by atoms with Crippen molar-refractivity contribution in [1.29, 1.82) is 0 Å². The van der Waals surface area contributed by atoms with Crippen molar-refractivity contribution in [2.45, 2.75) is 6.04 Å². The Bertz CT molecular complexity index is 418. The predicted molar refractivity (Wildman–Crippen MR) is 65.0 cm³/mol. The summed E-state index contributed by atoms with van der Waals surface area (Å²) in [6.07, 6.45) is 0.564. The summed E-state index contributed by atoms with van der Waals surface area (Å²) in [4.78, 5) is 43.0. The highest BCUT2D eigenvalue weighted by molar-refractivity contribution is 5.91. The Balaban J connectivity index is 3.73. The Labute approximate surface area is 119 Å². The molecule has 0 aromatic carbocycles. The summed E-state index contributed by atoms with van der Waals surface area (Å²) >= 11 is 0. The Morgan fingerprint density at radius 2 is 1.62 bits per heavy atom. The van der Waals surface area contributed by atoms with E-state index in [9.17, 15) is 19.2 Å². The fourth-order valence-electron chi connectivity index (χ4n) is 0.790. The molecule has 0 bridgehead atoms. The van der Waals surface area contributed by atoms with E-state index >= 15 is 0 Å². The zero-order chi connectivity index (χ0) is 16.3. The summed E-state index contributed by atoms with van der Waals surface area (Å²) in [5.41, 5.74) is 5.08. The molecule has 1 atom stereocenters. The van der Waals surface area contributed by atoms with Gasteiger partial charge in [-0.3, -0.25) is 4.79 Å². The van der Waals surface area contributed by atoms with Gasteiger partial charge in [-0.25, -0.2) is 14.4 Å². The number of rotatable bonds is 8. The topological polar surface area (TPSA) is 151 Å². The standard InChI is InChI=1S/C11H15NO9/c1-18-8(13)2-3-9(14)19-4-5-20-11(17)21-6-7(12)10(15)16/h2-3,7H,4-6,12H2,1H3,(H,15,16)/b3-2+/t7-/m0/s1. The number of nitrogens with two attached hydrogens (primary N) is 1. The van der Waals surface area contributed by atoms with E-state index in [1.54, 1.807) is 0 Å². The molecule has 0 aliphatic heterocycles. The van der Waals surface area contributed by atoms with Gasteiger partial charge in [0.2, 0.25) is 0 Å². The number of hydrogen-bond acceptors (Lipinski definition) is 9. The molecule has 0 radical (unpaired) electrons. The fourth-order valence-corrected chi connectivity index (χ4v) is 0.790. The van der Waals surface area contributed by atoms with Crippen molar-refractivity contribution in [3.05, 3.63) is 12.2 Å². The molecule has 10 nitrogen and oxygen atoms in total. The molecule has 3 N–H and O–H groups in total. The van der Waals surface area contributed by atoms with Gasteiger partial charge in [-0.1, -0.05) is 0 Å². The summed E-state index contributed by atoms with van der Waals surface area (Å²) in [5.74, 6) is -2.87. The van der Waals surface area contributed by atoms with E-state index in [4.69, 9.17) is 10.8 Å². The molecular weight excluding hydrogens is 290 g/mol. The minimum Gasteiger partial charge on any atom is -0.480 e. The van der Waals surface area contributed by atoms with Crippen LogP contribution in [0.2, 0.25) is 0 Å². The SMILES string of the molecule is COC(=O)/C=C/C(=O)OCCOC(=O)OC[C@H](N)C(=O)O. The summed E-state index contributed by atoms with van der Waals surface area (Å²) in [5, 5.41) is 8.42. The lowest BCUT2D eigenvalue weighted by Crippen LogP contribution is -2.35. The third kappa shape index (κ3) is 9.90. The van der Waals surface area contributed by atoms with Gasteiger partial charge in [0, 0.05) is 12.2 Å². The highest BCUT2D eigenvalue weighted by Gasteiger charge is 2.14. The van der Waals surface area contributed by atoms with Crippen molar-refractivity contribution in [3.8, 4) is 0 Å². The van der Waals surface area contributed by atoms with Crippen molar-refractivity contribution in [2.75, 3.05) is 26.9 Å². The average molecular weight is 305 g/mol. The maximum Gasteiger partial charge on any atom is 0.508 e. The number of carbonyl (C=O) groups excluding carboxylic acids is 3. The summed E-state index contributed by atoms with van der Waals surface area (Å²) in [6, 6.07) is -1.35. The van der Waals surface area contributed by atoms with Gasteiger partial charge < -0.3 is 29.8 Å². The first-order chi connectivity index (χ1) is 9.86. The van der Waals surface area contributed by atoms with E-state index in [0.29, 0.717) is 0 Å². The molecule has 0 saturated heterocycles. The number of aliphatic carboxylic acids is 1.